The minimum absolute atomic E-state index is 0.0659. The second-order valence-electron chi connectivity index (χ2n) is 5.66. The predicted molar refractivity (Wildman–Crippen MR) is 75.2 cm³/mol. The van der Waals surface area contributed by atoms with Crippen LogP contribution in [0.15, 0.2) is 0 Å². The van der Waals surface area contributed by atoms with Gasteiger partial charge in [0.1, 0.15) is 0 Å². The van der Waals surface area contributed by atoms with Crippen molar-refractivity contribution in [3.63, 3.8) is 0 Å². The van der Waals surface area contributed by atoms with Gasteiger partial charge in [-0.1, -0.05) is 13.8 Å². The van der Waals surface area contributed by atoms with Gasteiger partial charge >= 0.3 is 0 Å². The average Bonchev–Trinajstić information content (AvgIpc) is 2.41. The summed E-state index contributed by atoms with van der Waals surface area (Å²) in [6.45, 7) is 4.58. The van der Waals surface area contributed by atoms with Crippen LogP contribution in [0, 0.1) is 16.7 Å². The third-order valence-electron chi connectivity index (χ3n) is 4.79. The molecule has 0 amide bonds. The standard InChI is InChI=1S/C15H28N2O2/c1-3-14(4-2,12-17)15(18)10-7-9-13(19-15)8-5-6-11-16/h13,18H,3-10,12,17H2,1-2H3. The minimum Gasteiger partial charge on any atom is -0.365 e. The maximum absolute atomic E-state index is 10.9. The Balaban J connectivity index is 2.72. The number of unbranched alkanes of at least 4 members (excludes halogenated alkanes) is 1. The molecule has 0 aromatic heterocycles. The Bertz CT molecular complexity index is 301. The number of aliphatic hydroxyl groups is 1. The van der Waals surface area contributed by atoms with Gasteiger partial charge in [0, 0.05) is 24.8 Å². The third-order valence-corrected chi connectivity index (χ3v) is 4.79. The van der Waals surface area contributed by atoms with E-state index in [4.69, 9.17) is 15.7 Å². The van der Waals surface area contributed by atoms with Crippen molar-refractivity contribution in [1.82, 2.24) is 0 Å². The highest BCUT2D eigenvalue weighted by Gasteiger charge is 2.50. The van der Waals surface area contributed by atoms with Gasteiger partial charge in [-0.25, -0.2) is 0 Å². The molecule has 1 aliphatic heterocycles. The van der Waals surface area contributed by atoms with Crippen LogP contribution in [0.4, 0.5) is 0 Å². The zero-order valence-electron chi connectivity index (χ0n) is 12.3. The van der Waals surface area contributed by atoms with Crippen molar-refractivity contribution in [3.8, 4) is 6.07 Å². The summed E-state index contributed by atoms with van der Waals surface area (Å²) in [6, 6.07) is 2.15. The fourth-order valence-corrected chi connectivity index (χ4v) is 3.22. The molecule has 0 aliphatic carbocycles. The number of ether oxygens (including phenoxy) is 1. The molecule has 0 radical (unpaired) electrons. The molecule has 0 aromatic rings. The van der Waals surface area contributed by atoms with Gasteiger partial charge in [-0.2, -0.15) is 5.26 Å². The molecule has 1 rings (SSSR count). The molecular weight excluding hydrogens is 240 g/mol. The zero-order valence-corrected chi connectivity index (χ0v) is 12.3. The van der Waals surface area contributed by atoms with E-state index in [0.29, 0.717) is 19.4 Å². The summed E-state index contributed by atoms with van der Waals surface area (Å²) >= 11 is 0. The van der Waals surface area contributed by atoms with Crippen LogP contribution in [0.3, 0.4) is 0 Å². The maximum atomic E-state index is 10.9. The fraction of sp³-hybridized carbons (Fsp3) is 0.933. The van der Waals surface area contributed by atoms with E-state index in [-0.39, 0.29) is 11.5 Å². The van der Waals surface area contributed by atoms with E-state index >= 15 is 0 Å². The molecule has 0 aromatic carbocycles. The van der Waals surface area contributed by atoms with E-state index in [1.807, 2.05) is 0 Å². The van der Waals surface area contributed by atoms with Crippen molar-refractivity contribution in [1.29, 1.82) is 5.26 Å². The van der Waals surface area contributed by atoms with E-state index in [1.165, 1.54) is 0 Å². The third kappa shape index (κ3) is 3.47. The molecule has 1 aliphatic rings. The summed E-state index contributed by atoms with van der Waals surface area (Å²) in [6.07, 6.45) is 6.56. The lowest BCUT2D eigenvalue weighted by Crippen LogP contribution is -2.57. The minimum atomic E-state index is -1.10. The summed E-state index contributed by atoms with van der Waals surface area (Å²) in [7, 11) is 0. The zero-order chi connectivity index (χ0) is 14.4. The summed E-state index contributed by atoms with van der Waals surface area (Å²) in [5, 5.41) is 19.5. The second kappa shape index (κ2) is 7.23. The van der Waals surface area contributed by atoms with E-state index in [1.54, 1.807) is 0 Å². The molecule has 2 atom stereocenters. The van der Waals surface area contributed by atoms with Crippen molar-refractivity contribution in [3.05, 3.63) is 0 Å². The lowest BCUT2D eigenvalue weighted by molar-refractivity contribution is -0.313. The van der Waals surface area contributed by atoms with Gasteiger partial charge < -0.3 is 15.6 Å². The number of nitrogens with zero attached hydrogens (tertiary/aromatic N) is 1. The summed E-state index contributed by atoms with van der Waals surface area (Å²) in [5.41, 5.74) is 5.58. The molecule has 4 heteroatoms. The first kappa shape index (κ1) is 16.4. The Hall–Kier alpha value is -0.630. The molecule has 0 spiro atoms. The van der Waals surface area contributed by atoms with Crippen LogP contribution in [0.1, 0.15) is 65.2 Å². The molecule has 3 N–H and O–H groups in total. The van der Waals surface area contributed by atoms with Gasteiger partial charge in [0.2, 0.25) is 0 Å². The molecule has 0 saturated carbocycles. The van der Waals surface area contributed by atoms with Crippen LogP contribution in [0.25, 0.3) is 0 Å². The Kier molecular flexibility index (Phi) is 6.25. The first-order valence-electron chi connectivity index (χ1n) is 7.54. The first-order chi connectivity index (χ1) is 9.07. The van der Waals surface area contributed by atoms with Crippen LogP contribution in [-0.4, -0.2) is 23.5 Å². The number of nitriles is 1. The van der Waals surface area contributed by atoms with Gasteiger partial charge in [0.05, 0.1) is 12.2 Å². The summed E-state index contributed by atoms with van der Waals surface area (Å²) in [5.74, 6) is -1.10. The molecule has 19 heavy (non-hydrogen) atoms. The SMILES string of the molecule is CCC(CC)(CN)C1(O)CCCC(CCCC#N)O1. The summed E-state index contributed by atoms with van der Waals surface area (Å²) < 4.78 is 6.02. The van der Waals surface area contributed by atoms with Gasteiger partial charge in [0.15, 0.2) is 5.79 Å². The first-order valence-corrected chi connectivity index (χ1v) is 7.54. The number of hydrogen-bond acceptors (Lipinski definition) is 4. The van der Waals surface area contributed by atoms with E-state index in [2.05, 4.69) is 19.9 Å². The Morgan fingerprint density at radius 3 is 2.68 bits per heavy atom. The molecule has 110 valence electrons. The summed E-state index contributed by atoms with van der Waals surface area (Å²) in [4.78, 5) is 0. The fourth-order valence-electron chi connectivity index (χ4n) is 3.22. The maximum Gasteiger partial charge on any atom is 0.172 e. The Morgan fingerprint density at radius 2 is 2.16 bits per heavy atom. The van der Waals surface area contributed by atoms with Gasteiger partial charge in [-0.15, -0.1) is 0 Å². The highest BCUT2D eigenvalue weighted by Crippen LogP contribution is 2.45. The van der Waals surface area contributed by atoms with Crippen LogP contribution >= 0.6 is 0 Å². The predicted octanol–water partition coefficient (Wildman–Crippen LogP) is 2.70. The molecule has 1 saturated heterocycles. The Labute approximate surface area is 116 Å². The highest BCUT2D eigenvalue weighted by atomic mass is 16.6. The molecule has 1 heterocycles. The molecule has 2 unspecified atom stereocenters. The Morgan fingerprint density at radius 1 is 1.47 bits per heavy atom. The van der Waals surface area contributed by atoms with Crippen molar-refractivity contribution in [2.45, 2.75) is 77.1 Å². The lowest BCUT2D eigenvalue weighted by Gasteiger charge is -2.49. The van der Waals surface area contributed by atoms with E-state index in [9.17, 15) is 5.11 Å². The van der Waals surface area contributed by atoms with Crippen LogP contribution in [0.2, 0.25) is 0 Å². The van der Waals surface area contributed by atoms with E-state index in [0.717, 1.165) is 38.5 Å². The quantitative estimate of drug-likeness (QED) is 0.696. The van der Waals surface area contributed by atoms with Gasteiger partial charge in [-0.05, 0) is 38.5 Å². The van der Waals surface area contributed by atoms with Crippen LogP contribution in [-0.2, 0) is 4.74 Å². The van der Waals surface area contributed by atoms with Gasteiger partial charge in [0.25, 0.3) is 0 Å². The van der Waals surface area contributed by atoms with Crippen LogP contribution in [0.5, 0.6) is 0 Å². The van der Waals surface area contributed by atoms with Crippen molar-refractivity contribution in [2.24, 2.45) is 11.1 Å². The second-order valence-corrected chi connectivity index (χ2v) is 5.66. The topological polar surface area (TPSA) is 79.3 Å². The van der Waals surface area contributed by atoms with E-state index < -0.39 is 5.79 Å². The largest absolute Gasteiger partial charge is 0.365 e. The molecule has 1 fully saturated rings. The molecular formula is C15H28N2O2. The van der Waals surface area contributed by atoms with Gasteiger partial charge in [-0.3, -0.25) is 0 Å². The lowest BCUT2D eigenvalue weighted by atomic mass is 9.71. The average molecular weight is 268 g/mol. The van der Waals surface area contributed by atoms with Crippen molar-refractivity contribution >= 4 is 0 Å². The normalized spacial score (nSPS) is 28.1. The van der Waals surface area contributed by atoms with Crippen LogP contribution < -0.4 is 5.73 Å². The van der Waals surface area contributed by atoms with Crippen molar-refractivity contribution < 1.29 is 9.84 Å². The highest BCUT2D eigenvalue weighted by molar-refractivity contribution is 4.95. The number of nitrogens with two attached hydrogens (primary N) is 1. The number of hydrogen-bond donors (Lipinski definition) is 2. The van der Waals surface area contributed by atoms with Crippen molar-refractivity contribution in [2.75, 3.05) is 6.54 Å². The monoisotopic (exact) mass is 268 g/mol. The number of rotatable bonds is 7. The molecule has 0 bridgehead atoms. The smallest absolute Gasteiger partial charge is 0.172 e. The molecule has 4 nitrogen and oxygen atoms in total.